The lowest BCUT2D eigenvalue weighted by Crippen LogP contribution is -2.04. The van der Waals surface area contributed by atoms with E-state index in [4.69, 9.17) is 5.11 Å². The molecule has 0 heterocycles. The first-order valence-corrected chi connectivity index (χ1v) is 2.71. The van der Waals surface area contributed by atoms with E-state index in [1.165, 1.54) is 6.08 Å². The zero-order valence-corrected chi connectivity index (χ0v) is 5.33. The minimum Gasteiger partial charge on any atom is -0.460 e. The monoisotopic (exact) mass is 130 g/mol. The Balaban J connectivity index is 3.27. The van der Waals surface area contributed by atoms with Crippen molar-refractivity contribution >= 4 is 5.97 Å². The van der Waals surface area contributed by atoms with Gasteiger partial charge in [0.25, 0.3) is 0 Å². The van der Waals surface area contributed by atoms with Crippen LogP contribution in [0.2, 0.25) is 0 Å². The zero-order valence-electron chi connectivity index (χ0n) is 5.33. The number of aliphatic hydroxyl groups excluding tert-OH is 1. The topological polar surface area (TPSA) is 46.5 Å². The van der Waals surface area contributed by atoms with E-state index in [-0.39, 0.29) is 13.2 Å². The number of carbonyl (C=O) groups excluding carboxylic acids is 1. The molecule has 0 amide bonds. The van der Waals surface area contributed by atoms with Crippen molar-refractivity contribution in [2.24, 2.45) is 0 Å². The van der Waals surface area contributed by atoms with Gasteiger partial charge in [0.1, 0.15) is 6.61 Å². The summed E-state index contributed by atoms with van der Waals surface area (Å²) in [4.78, 5) is 10.4. The lowest BCUT2D eigenvalue weighted by molar-refractivity contribution is -0.138. The molecule has 0 unspecified atom stereocenters. The first-order valence-electron chi connectivity index (χ1n) is 2.71. The number of allylic oxidation sites excluding steroid dienone is 1. The number of hydrogen-bond donors (Lipinski definition) is 1. The van der Waals surface area contributed by atoms with E-state index in [1.54, 1.807) is 13.0 Å². The molecule has 0 aliphatic heterocycles. The molecule has 0 aromatic rings. The molecule has 0 aliphatic rings. The molecule has 0 rings (SSSR count). The standard InChI is InChI=1S/C6H10O3/c1-2-3-6(8)9-5-4-7/h2-3,7H,4-5H2,1H3/b3-2+. The van der Waals surface area contributed by atoms with Crippen molar-refractivity contribution in [3.8, 4) is 0 Å². The van der Waals surface area contributed by atoms with Gasteiger partial charge in [-0.05, 0) is 6.92 Å². The van der Waals surface area contributed by atoms with Gasteiger partial charge in [0.15, 0.2) is 0 Å². The summed E-state index contributed by atoms with van der Waals surface area (Å²) in [5.74, 6) is -0.411. The average molecular weight is 130 g/mol. The van der Waals surface area contributed by atoms with Crippen molar-refractivity contribution in [3.63, 3.8) is 0 Å². The van der Waals surface area contributed by atoms with E-state index in [0.717, 1.165) is 0 Å². The molecule has 0 radical (unpaired) electrons. The third kappa shape index (κ3) is 5.03. The molecule has 0 saturated heterocycles. The second-order valence-corrected chi connectivity index (χ2v) is 1.39. The van der Waals surface area contributed by atoms with Crippen molar-refractivity contribution in [2.45, 2.75) is 6.92 Å². The van der Waals surface area contributed by atoms with Crippen LogP contribution in [-0.2, 0) is 9.53 Å². The fourth-order valence-corrected chi connectivity index (χ4v) is 0.330. The molecule has 0 saturated carbocycles. The Morgan fingerprint density at radius 2 is 2.44 bits per heavy atom. The molecule has 0 aromatic heterocycles. The van der Waals surface area contributed by atoms with Crippen LogP contribution >= 0.6 is 0 Å². The number of aliphatic hydroxyl groups is 1. The fraction of sp³-hybridized carbons (Fsp3) is 0.500. The van der Waals surface area contributed by atoms with Gasteiger partial charge in [-0.3, -0.25) is 0 Å². The Kier molecular flexibility index (Phi) is 4.82. The van der Waals surface area contributed by atoms with Gasteiger partial charge in [-0.15, -0.1) is 0 Å². The van der Waals surface area contributed by atoms with E-state index in [1.807, 2.05) is 0 Å². The highest BCUT2D eigenvalue weighted by Gasteiger charge is 1.91. The molecule has 0 bridgehead atoms. The number of carbonyl (C=O) groups is 1. The summed E-state index contributed by atoms with van der Waals surface area (Å²) < 4.78 is 4.46. The van der Waals surface area contributed by atoms with Gasteiger partial charge in [0.2, 0.25) is 0 Å². The summed E-state index contributed by atoms with van der Waals surface area (Å²) in [7, 11) is 0. The predicted octanol–water partition coefficient (Wildman–Crippen LogP) is 0.0980. The van der Waals surface area contributed by atoms with Gasteiger partial charge in [0.05, 0.1) is 6.61 Å². The predicted molar refractivity (Wildman–Crippen MR) is 32.9 cm³/mol. The van der Waals surface area contributed by atoms with Crippen LogP contribution in [0.1, 0.15) is 6.92 Å². The molecule has 3 heteroatoms. The number of rotatable bonds is 3. The van der Waals surface area contributed by atoms with E-state index < -0.39 is 5.97 Å². The van der Waals surface area contributed by atoms with Crippen LogP contribution in [0.4, 0.5) is 0 Å². The van der Waals surface area contributed by atoms with Crippen molar-refractivity contribution in [3.05, 3.63) is 12.2 Å². The smallest absolute Gasteiger partial charge is 0.330 e. The van der Waals surface area contributed by atoms with Crippen molar-refractivity contribution < 1.29 is 14.6 Å². The Labute approximate surface area is 53.9 Å². The maximum absolute atomic E-state index is 10.4. The summed E-state index contributed by atoms with van der Waals surface area (Å²) >= 11 is 0. The van der Waals surface area contributed by atoms with Crippen LogP contribution < -0.4 is 0 Å². The minimum absolute atomic E-state index is 0.0726. The SMILES string of the molecule is C/C=C/C(=O)OCCO. The molecule has 3 nitrogen and oxygen atoms in total. The minimum atomic E-state index is -0.411. The van der Waals surface area contributed by atoms with Gasteiger partial charge in [-0.1, -0.05) is 6.08 Å². The Morgan fingerprint density at radius 3 is 2.89 bits per heavy atom. The quantitative estimate of drug-likeness (QED) is 0.435. The van der Waals surface area contributed by atoms with Gasteiger partial charge in [0, 0.05) is 6.08 Å². The summed E-state index contributed by atoms with van der Waals surface area (Å²) in [6.07, 6.45) is 2.88. The van der Waals surface area contributed by atoms with Crippen molar-refractivity contribution in [1.82, 2.24) is 0 Å². The highest BCUT2D eigenvalue weighted by molar-refractivity contribution is 5.81. The number of esters is 1. The van der Waals surface area contributed by atoms with Crippen LogP contribution in [0.5, 0.6) is 0 Å². The lowest BCUT2D eigenvalue weighted by atomic mass is 10.5. The molecule has 0 fully saturated rings. The normalized spacial score (nSPS) is 10.0. The van der Waals surface area contributed by atoms with Crippen LogP contribution in [0, 0.1) is 0 Å². The maximum Gasteiger partial charge on any atom is 0.330 e. The summed E-state index contributed by atoms with van der Waals surface area (Å²) in [6.45, 7) is 1.67. The maximum atomic E-state index is 10.4. The molecule has 0 aromatic carbocycles. The third-order valence-electron chi connectivity index (χ3n) is 0.638. The Morgan fingerprint density at radius 1 is 1.78 bits per heavy atom. The zero-order chi connectivity index (χ0) is 7.11. The van der Waals surface area contributed by atoms with E-state index in [0.29, 0.717) is 0 Å². The van der Waals surface area contributed by atoms with Crippen LogP contribution in [0.25, 0.3) is 0 Å². The van der Waals surface area contributed by atoms with E-state index >= 15 is 0 Å². The molecule has 0 aliphatic carbocycles. The second kappa shape index (κ2) is 5.31. The van der Waals surface area contributed by atoms with Gasteiger partial charge < -0.3 is 9.84 Å². The molecule has 0 atom stereocenters. The number of ether oxygens (including phenoxy) is 1. The summed E-state index contributed by atoms with van der Waals surface area (Å²) in [6, 6.07) is 0. The molecular formula is C6H10O3. The van der Waals surface area contributed by atoms with Gasteiger partial charge >= 0.3 is 5.97 Å². The van der Waals surface area contributed by atoms with Crippen molar-refractivity contribution in [2.75, 3.05) is 13.2 Å². The highest BCUT2D eigenvalue weighted by Crippen LogP contribution is 1.79. The average Bonchev–Trinajstić information content (AvgIpc) is 1.85. The van der Waals surface area contributed by atoms with E-state index in [9.17, 15) is 4.79 Å². The fourth-order valence-electron chi connectivity index (χ4n) is 0.330. The van der Waals surface area contributed by atoms with Gasteiger partial charge in [-0.2, -0.15) is 0 Å². The molecule has 0 spiro atoms. The van der Waals surface area contributed by atoms with Crippen LogP contribution in [0.15, 0.2) is 12.2 Å². The first kappa shape index (κ1) is 8.17. The Hall–Kier alpha value is -0.830. The lowest BCUT2D eigenvalue weighted by Gasteiger charge is -1.95. The van der Waals surface area contributed by atoms with Gasteiger partial charge in [-0.25, -0.2) is 4.79 Å². The first-order chi connectivity index (χ1) is 4.31. The summed E-state index contributed by atoms with van der Waals surface area (Å²) in [5.41, 5.74) is 0. The largest absolute Gasteiger partial charge is 0.460 e. The third-order valence-corrected chi connectivity index (χ3v) is 0.638. The second-order valence-electron chi connectivity index (χ2n) is 1.39. The van der Waals surface area contributed by atoms with Crippen LogP contribution in [0.3, 0.4) is 0 Å². The molecule has 52 valence electrons. The molecule has 1 N–H and O–H groups in total. The van der Waals surface area contributed by atoms with Crippen LogP contribution in [-0.4, -0.2) is 24.3 Å². The van der Waals surface area contributed by atoms with Crippen molar-refractivity contribution in [1.29, 1.82) is 0 Å². The molecular weight excluding hydrogens is 120 g/mol. The Bertz CT molecular complexity index is 107. The summed E-state index contributed by atoms with van der Waals surface area (Å²) in [5, 5.41) is 8.18. The number of hydrogen-bond acceptors (Lipinski definition) is 3. The van der Waals surface area contributed by atoms with E-state index in [2.05, 4.69) is 4.74 Å². The molecule has 9 heavy (non-hydrogen) atoms. The highest BCUT2D eigenvalue weighted by atomic mass is 16.5.